The van der Waals surface area contributed by atoms with Gasteiger partial charge in [-0.25, -0.2) is 4.98 Å². The molecule has 2 N–H and O–H groups in total. The maximum absolute atomic E-state index is 5.97. The lowest BCUT2D eigenvalue weighted by Gasteiger charge is -2.12. The third-order valence-electron chi connectivity index (χ3n) is 2.32. The fraction of sp³-hybridized carbons (Fsp3) is 0.154. The molecule has 1 atom stereocenters. The van der Waals surface area contributed by atoms with Crippen molar-refractivity contribution in [3.63, 3.8) is 0 Å². The number of hydrogen-bond donors (Lipinski definition) is 1. The van der Waals surface area contributed by atoms with Gasteiger partial charge in [-0.3, -0.25) is 0 Å². The van der Waals surface area contributed by atoms with E-state index in [0.29, 0.717) is 0 Å². The van der Waals surface area contributed by atoms with Crippen molar-refractivity contribution < 1.29 is 0 Å². The van der Waals surface area contributed by atoms with Crippen LogP contribution in [0.4, 0.5) is 0 Å². The van der Waals surface area contributed by atoms with Gasteiger partial charge in [0.25, 0.3) is 0 Å². The van der Waals surface area contributed by atoms with Gasteiger partial charge >= 0.3 is 0 Å². The minimum absolute atomic E-state index is 0.0225. The average molecular weight is 309 g/mol. The second-order valence-electron chi connectivity index (χ2n) is 3.74. The Morgan fingerprint density at radius 3 is 2.76 bits per heavy atom. The van der Waals surface area contributed by atoms with Crippen molar-refractivity contribution in [2.45, 2.75) is 22.9 Å². The van der Waals surface area contributed by atoms with Crippen molar-refractivity contribution in [3.05, 3.63) is 52.6 Å². The Morgan fingerprint density at radius 1 is 1.29 bits per heavy atom. The van der Waals surface area contributed by atoms with Crippen LogP contribution in [0.15, 0.2) is 57.0 Å². The molecule has 0 aliphatic heterocycles. The van der Waals surface area contributed by atoms with Crippen LogP contribution in [0.1, 0.15) is 18.5 Å². The summed E-state index contributed by atoms with van der Waals surface area (Å²) in [5, 5.41) is 0.979. The fourth-order valence-corrected chi connectivity index (χ4v) is 3.05. The predicted octanol–water partition coefficient (Wildman–Crippen LogP) is 4.02. The standard InChI is InChI=1S/C13H13BrN2S/c1-9(15)11-6-5-10(14)8-12(11)17-13-4-2-3-7-16-13/h2-9H,15H2,1H3. The Kier molecular flexibility index (Phi) is 4.20. The highest BCUT2D eigenvalue weighted by atomic mass is 79.9. The summed E-state index contributed by atoms with van der Waals surface area (Å²) in [6.07, 6.45) is 1.80. The molecule has 17 heavy (non-hydrogen) atoms. The molecule has 0 aliphatic carbocycles. The molecule has 1 aromatic carbocycles. The van der Waals surface area contributed by atoms with E-state index in [9.17, 15) is 0 Å². The molecule has 88 valence electrons. The first kappa shape index (κ1) is 12.6. The topological polar surface area (TPSA) is 38.9 Å². The first-order valence-corrected chi connectivity index (χ1v) is 6.91. The average Bonchev–Trinajstić information content (AvgIpc) is 2.30. The van der Waals surface area contributed by atoms with Crippen LogP contribution in [0.25, 0.3) is 0 Å². The molecule has 1 unspecified atom stereocenters. The van der Waals surface area contributed by atoms with E-state index < -0.39 is 0 Å². The van der Waals surface area contributed by atoms with Crippen LogP contribution in [-0.4, -0.2) is 4.98 Å². The van der Waals surface area contributed by atoms with Crippen molar-refractivity contribution in [2.24, 2.45) is 5.73 Å². The Bertz CT molecular complexity index is 500. The van der Waals surface area contributed by atoms with Crippen LogP contribution in [0, 0.1) is 0 Å². The van der Waals surface area contributed by atoms with Gasteiger partial charge in [-0.15, -0.1) is 0 Å². The number of benzene rings is 1. The number of rotatable bonds is 3. The lowest BCUT2D eigenvalue weighted by molar-refractivity contribution is 0.796. The fourth-order valence-electron chi connectivity index (χ4n) is 1.49. The summed E-state index contributed by atoms with van der Waals surface area (Å²) in [4.78, 5) is 5.46. The van der Waals surface area contributed by atoms with Gasteiger partial charge in [0.05, 0.1) is 0 Å². The molecular weight excluding hydrogens is 296 g/mol. The molecule has 2 rings (SSSR count). The van der Waals surface area contributed by atoms with Gasteiger partial charge in [0.1, 0.15) is 5.03 Å². The molecule has 0 saturated heterocycles. The minimum Gasteiger partial charge on any atom is -0.324 e. The van der Waals surface area contributed by atoms with Crippen molar-refractivity contribution in [3.8, 4) is 0 Å². The zero-order chi connectivity index (χ0) is 12.3. The number of pyridine rings is 1. The van der Waals surface area contributed by atoms with E-state index in [1.54, 1.807) is 18.0 Å². The summed E-state index contributed by atoms with van der Waals surface area (Å²) in [5.74, 6) is 0. The number of aromatic nitrogens is 1. The van der Waals surface area contributed by atoms with E-state index in [1.807, 2.05) is 31.2 Å². The molecule has 1 aromatic heterocycles. The van der Waals surface area contributed by atoms with E-state index in [4.69, 9.17) is 5.73 Å². The second-order valence-corrected chi connectivity index (χ2v) is 5.72. The minimum atomic E-state index is 0.0225. The zero-order valence-electron chi connectivity index (χ0n) is 9.43. The summed E-state index contributed by atoms with van der Waals surface area (Å²) in [6, 6.07) is 12.1. The van der Waals surface area contributed by atoms with Gasteiger partial charge in [-0.2, -0.15) is 0 Å². The number of hydrogen-bond acceptors (Lipinski definition) is 3. The van der Waals surface area contributed by atoms with Crippen LogP contribution in [-0.2, 0) is 0 Å². The predicted molar refractivity (Wildman–Crippen MR) is 75.1 cm³/mol. The maximum Gasteiger partial charge on any atom is 0.101 e. The molecule has 2 nitrogen and oxygen atoms in total. The first-order valence-electron chi connectivity index (χ1n) is 5.31. The Labute approximate surface area is 114 Å². The summed E-state index contributed by atoms with van der Waals surface area (Å²) >= 11 is 5.12. The SMILES string of the molecule is CC(N)c1ccc(Br)cc1Sc1ccccn1. The van der Waals surface area contributed by atoms with E-state index in [2.05, 4.69) is 33.0 Å². The lowest BCUT2D eigenvalue weighted by atomic mass is 10.1. The Balaban J connectivity index is 2.34. The van der Waals surface area contributed by atoms with Crippen LogP contribution in [0.2, 0.25) is 0 Å². The molecule has 4 heteroatoms. The Morgan fingerprint density at radius 2 is 2.12 bits per heavy atom. The molecule has 1 heterocycles. The zero-order valence-corrected chi connectivity index (χ0v) is 11.8. The highest BCUT2D eigenvalue weighted by molar-refractivity contribution is 9.10. The first-order chi connectivity index (χ1) is 8.16. The third kappa shape index (κ3) is 3.31. The largest absolute Gasteiger partial charge is 0.324 e. The second kappa shape index (κ2) is 5.67. The molecule has 2 aromatic rings. The van der Waals surface area contributed by atoms with Crippen molar-refractivity contribution in [1.29, 1.82) is 0 Å². The lowest BCUT2D eigenvalue weighted by Crippen LogP contribution is -2.06. The number of nitrogens with two attached hydrogens (primary N) is 1. The number of halogens is 1. The highest BCUT2D eigenvalue weighted by Gasteiger charge is 2.09. The van der Waals surface area contributed by atoms with Gasteiger partial charge in [0.15, 0.2) is 0 Å². The summed E-state index contributed by atoms with van der Waals surface area (Å²) < 4.78 is 1.06. The maximum atomic E-state index is 5.97. The van der Waals surface area contributed by atoms with E-state index in [1.165, 1.54) is 0 Å². The van der Waals surface area contributed by atoms with Crippen LogP contribution < -0.4 is 5.73 Å². The van der Waals surface area contributed by atoms with Crippen molar-refractivity contribution in [1.82, 2.24) is 4.98 Å². The van der Waals surface area contributed by atoms with Gasteiger partial charge in [-0.1, -0.05) is 39.8 Å². The summed E-state index contributed by atoms with van der Waals surface area (Å²) in [6.45, 7) is 1.99. The Hall–Kier alpha value is -0.840. The van der Waals surface area contributed by atoms with Gasteiger partial charge in [-0.05, 0) is 36.8 Å². The molecule has 0 amide bonds. The van der Waals surface area contributed by atoms with E-state index in [0.717, 1.165) is 20.0 Å². The van der Waals surface area contributed by atoms with Crippen molar-refractivity contribution >= 4 is 27.7 Å². The number of nitrogens with zero attached hydrogens (tertiary/aromatic N) is 1. The molecule has 0 aliphatic rings. The van der Waals surface area contributed by atoms with E-state index in [-0.39, 0.29) is 6.04 Å². The van der Waals surface area contributed by atoms with Crippen LogP contribution >= 0.6 is 27.7 Å². The summed E-state index contributed by atoms with van der Waals surface area (Å²) in [5.41, 5.74) is 7.11. The van der Waals surface area contributed by atoms with Gasteiger partial charge in [0.2, 0.25) is 0 Å². The quantitative estimate of drug-likeness (QED) is 0.931. The van der Waals surface area contributed by atoms with Crippen LogP contribution in [0.5, 0.6) is 0 Å². The molecular formula is C13H13BrN2S. The van der Waals surface area contributed by atoms with Gasteiger partial charge < -0.3 is 5.73 Å². The molecule has 0 saturated carbocycles. The normalized spacial score (nSPS) is 12.4. The van der Waals surface area contributed by atoms with Crippen LogP contribution in [0.3, 0.4) is 0 Å². The molecule has 0 fully saturated rings. The third-order valence-corrected chi connectivity index (χ3v) is 3.84. The van der Waals surface area contributed by atoms with Crippen molar-refractivity contribution in [2.75, 3.05) is 0 Å². The summed E-state index contributed by atoms with van der Waals surface area (Å²) in [7, 11) is 0. The monoisotopic (exact) mass is 308 g/mol. The van der Waals surface area contributed by atoms with Gasteiger partial charge in [0, 0.05) is 21.6 Å². The molecule has 0 bridgehead atoms. The molecule has 0 radical (unpaired) electrons. The highest BCUT2D eigenvalue weighted by Crippen LogP contribution is 2.33. The van der Waals surface area contributed by atoms with E-state index >= 15 is 0 Å². The molecule has 0 spiro atoms. The smallest absolute Gasteiger partial charge is 0.101 e.